The summed E-state index contributed by atoms with van der Waals surface area (Å²) in [6.45, 7) is 5.03. The van der Waals surface area contributed by atoms with Crippen LogP contribution in [0.4, 0.5) is 5.69 Å². The SMILES string of the molecule is Cc1ccc(S(=O)(=O)N2C[C@@H]3[C@@H](c4ccc(Cl)cc4)OCC[C@H]3c3cc(C)ccc32)cc1. The molecule has 32 heavy (non-hydrogen) atoms. The molecule has 0 saturated carbocycles. The third kappa shape index (κ3) is 3.72. The summed E-state index contributed by atoms with van der Waals surface area (Å²) in [4.78, 5) is 0.313. The van der Waals surface area contributed by atoms with Gasteiger partial charge in [0.25, 0.3) is 10.0 Å². The van der Waals surface area contributed by atoms with Crippen LogP contribution in [0.1, 0.15) is 40.7 Å². The number of rotatable bonds is 3. The van der Waals surface area contributed by atoms with Crippen LogP contribution in [0.25, 0.3) is 0 Å². The largest absolute Gasteiger partial charge is 0.373 e. The molecular formula is C26H26ClNO3S. The molecule has 2 aliphatic heterocycles. The van der Waals surface area contributed by atoms with Crippen LogP contribution in [0.3, 0.4) is 0 Å². The number of halogens is 1. The number of sulfonamides is 1. The summed E-state index contributed by atoms with van der Waals surface area (Å²) in [7, 11) is -3.71. The maximum atomic E-state index is 13.8. The van der Waals surface area contributed by atoms with Crippen LogP contribution in [0.15, 0.2) is 71.6 Å². The van der Waals surface area contributed by atoms with E-state index in [4.69, 9.17) is 16.3 Å². The number of aryl methyl sites for hydroxylation is 2. The topological polar surface area (TPSA) is 46.6 Å². The summed E-state index contributed by atoms with van der Waals surface area (Å²) in [5.41, 5.74) is 5.08. The van der Waals surface area contributed by atoms with Crippen molar-refractivity contribution in [3.63, 3.8) is 0 Å². The Balaban J connectivity index is 1.62. The fourth-order valence-corrected chi connectivity index (χ4v) is 6.68. The molecule has 0 N–H and O–H groups in total. The minimum Gasteiger partial charge on any atom is -0.373 e. The smallest absolute Gasteiger partial charge is 0.264 e. The summed E-state index contributed by atoms with van der Waals surface area (Å²) in [5.74, 6) is 0.253. The van der Waals surface area contributed by atoms with Crippen molar-refractivity contribution < 1.29 is 13.2 Å². The zero-order valence-corrected chi connectivity index (χ0v) is 19.7. The highest BCUT2D eigenvalue weighted by atomic mass is 35.5. The molecule has 4 nitrogen and oxygen atoms in total. The number of nitrogens with zero attached hydrogens (tertiary/aromatic N) is 1. The van der Waals surface area contributed by atoms with E-state index >= 15 is 0 Å². The van der Waals surface area contributed by atoms with E-state index in [1.54, 1.807) is 16.4 Å². The van der Waals surface area contributed by atoms with Crippen LogP contribution >= 0.6 is 11.6 Å². The van der Waals surface area contributed by atoms with Crippen LogP contribution in [0.5, 0.6) is 0 Å². The Morgan fingerprint density at radius 1 is 0.938 bits per heavy atom. The van der Waals surface area contributed by atoms with E-state index in [0.717, 1.165) is 34.4 Å². The average molecular weight is 468 g/mol. The summed E-state index contributed by atoms with van der Waals surface area (Å²) in [5, 5.41) is 0.675. The predicted octanol–water partition coefficient (Wildman–Crippen LogP) is 6.03. The number of hydrogen-bond acceptors (Lipinski definition) is 3. The molecule has 2 aliphatic rings. The number of ether oxygens (including phenoxy) is 1. The van der Waals surface area contributed by atoms with Gasteiger partial charge in [-0.1, -0.05) is 59.1 Å². The second-order valence-corrected chi connectivity index (χ2v) is 11.1. The fourth-order valence-electron chi connectivity index (χ4n) is 5.03. The molecule has 0 spiro atoms. The Morgan fingerprint density at radius 2 is 1.62 bits per heavy atom. The van der Waals surface area contributed by atoms with Crippen LogP contribution in [0, 0.1) is 19.8 Å². The van der Waals surface area contributed by atoms with E-state index in [1.165, 1.54) is 0 Å². The molecule has 3 aromatic carbocycles. The maximum Gasteiger partial charge on any atom is 0.264 e. The van der Waals surface area contributed by atoms with Crippen LogP contribution in [-0.2, 0) is 14.8 Å². The van der Waals surface area contributed by atoms with Gasteiger partial charge in [-0.05, 0) is 67.6 Å². The third-order valence-electron chi connectivity index (χ3n) is 6.67. The highest BCUT2D eigenvalue weighted by molar-refractivity contribution is 7.92. The Labute approximate surface area is 194 Å². The normalized spacial score (nSPS) is 22.8. The second kappa shape index (κ2) is 8.22. The molecule has 1 saturated heterocycles. The first-order valence-corrected chi connectivity index (χ1v) is 12.7. The van der Waals surface area contributed by atoms with Gasteiger partial charge in [-0.15, -0.1) is 0 Å². The summed E-state index contributed by atoms with van der Waals surface area (Å²) in [6, 6.07) is 20.9. The Bertz CT molecular complexity index is 1240. The summed E-state index contributed by atoms with van der Waals surface area (Å²) in [6.07, 6.45) is 0.694. The van der Waals surface area contributed by atoms with E-state index in [2.05, 4.69) is 13.0 Å². The molecule has 0 bridgehead atoms. The van der Waals surface area contributed by atoms with Gasteiger partial charge in [-0.2, -0.15) is 0 Å². The second-order valence-electron chi connectivity index (χ2n) is 8.81. The molecule has 6 heteroatoms. The zero-order chi connectivity index (χ0) is 22.5. The molecule has 5 rings (SSSR count). The van der Waals surface area contributed by atoms with Gasteiger partial charge in [0.1, 0.15) is 0 Å². The van der Waals surface area contributed by atoms with Crippen molar-refractivity contribution >= 4 is 27.3 Å². The van der Waals surface area contributed by atoms with Crippen molar-refractivity contribution in [2.75, 3.05) is 17.5 Å². The van der Waals surface area contributed by atoms with Gasteiger partial charge < -0.3 is 4.74 Å². The lowest BCUT2D eigenvalue weighted by Crippen LogP contribution is -2.46. The minimum absolute atomic E-state index is 0.0134. The standard InChI is InChI=1S/C26H26ClNO3S/c1-17-3-10-21(11-4-17)32(29,30)28-16-24-22(23-15-18(2)5-12-25(23)28)13-14-31-26(24)19-6-8-20(27)9-7-19/h3-12,15,22,24,26H,13-14,16H2,1-2H3/t22-,24-,26+/m0/s1. The third-order valence-corrected chi connectivity index (χ3v) is 8.71. The molecule has 166 valence electrons. The Hall–Kier alpha value is -2.34. The minimum atomic E-state index is -3.71. The number of fused-ring (bicyclic) bond motifs is 3. The number of hydrogen-bond donors (Lipinski definition) is 0. The maximum absolute atomic E-state index is 13.8. The van der Waals surface area contributed by atoms with Crippen molar-refractivity contribution in [3.05, 3.63) is 94.0 Å². The number of anilines is 1. The first-order valence-electron chi connectivity index (χ1n) is 10.9. The summed E-state index contributed by atoms with van der Waals surface area (Å²) < 4.78 is 35.4. The van der Waals surface area contributed by atoms with E-state index in [9.17, 15) is 8.42 Å². The first-order chi connectivity index (χ1) is 15.3. The molecule has 0 aromatic heterocycles. The van der Waals surface area contributed by atoms with E-state index in [-0.39, 0.29) is 17.9 Å². The highest BCUT2D eigenvalue weighted by Crippen LogP contribution is 2.50. The van der Waals surface area contributed by atoms with E-state index < -0.39 is 10.0 Å². The lowest BCUT2D eigenvalue weighted by Gasteiger charge is -2.46. The molecule has 0 radical (unpaired) electrons. The summed E-state index contributed by atoms with van der Waals surface area (Å²) >= 11 is 6.11. The fraction of sp³-hybridized carbons (Fsp3) is 0.308. The molecule has 1 fully saturated rings. The lowest BCUT2D eigenvalue weighted by molar-refractivity contribution is -0.0384. The van der Waals surface area contributed by atoms with Crippen molar-refractivity contribution in [1.82, 2.24) is 0 Å². The van der Waals surface area contributed by atoms with Crippen LogP contribution in [0.2, 0.25) is 5.02 Å². The van der Waals surface area contributed by atoms with Gasteiger partial charge >= 0.3 is 0 Å². The van der Waals surface area contributed by atoms with Crippen molar-refractivity contribution in [2.24, 2.45) is 5.92 Å². The molecule has 2 heterocycles. The van der Waals surface area contributed by atoms with Crippen molar-refractivity contribution in [1.29, 1.82) is 0 Å². The van der Waals surface area contributed by atoms with Gasteiger partial charge in [-0.25, -0.2) is 8.42 Å². The Kier molecular flexibility index (Phi) is 5.52. The van der Waals surface area contributed by atoms with Gasteiger partial charge in [0.15, 0.2) is 0 Å². The monoisotopic (exact) mass is 467 g/mol. The van der Waals surface area contributed by atoms with Crippen LogP contribution in [-0.4, -0.2) is 21.6 Å². The van der Waals surface area contributed by atoms with Crippen molar-refractivity contribution in [3.8, 4) is 0 Å². The predicted molar refractivity (Wildman–Crippen MR) is 128 cm³/mol. The van der Waals surface area contributed by atoms with Gasteiger partial charge in [0.05, 0.1) is 16.7 Å². The highest BCUT2D eigenvalue weighted by Gasteiger charge is 2.45. The van der Waals surface area contributed by atoms with Gasteiger partial charge in [-0.3, -0.25) is 4.31 Å². The van der Waals surface area contributed by atoms with E-state index in [0.29, 0.717) is 23.1 Å². The molecule has 0 amide bonds. The van der Waals surface area contributed by atoms with E-state index in [1.807, 2.05) is 55.5 Å². The lowest BCUT2D eigenvalue weighted by atomic mass is 9.74. The molecule has 0 aliphatic carbocycles. The molecule has 3 atom stereocenters. The quantitative estimate of drug-likeness (QED) is 0.472. The molecule has 3 aromatic rings. The average Bonchev–Trinajstić information content (AvgIpc) is 2.79. The van der Waals surface area contributed by atoms with Crippen molar-refractivity contribution in [2.45, 2.75) is 37.2 Å². The zero-order valence-electron chi connectivity index (χ0n) is 18.2. The Morgan fingerprint density at radius 3 is 2.34 bits per heavy atom. The first kappa shape index (κ1) is 21.5. The number of benzene rings is 3. The molecular weight excluding hydrogens is 442 g/mol. The van der Waals surface area contributed by atoms with Crippen LogP contribution < -0.4 is 4.31 Å². The van der Waals surface area contributed by atoms with Gasteiger partial charge in [0, 0.05) is 24.1 Å². The van der Waals surface area contributed by atoms with Gasteiger partial charge in [0.2, 0.25) is 0 Å². The molecule has 0 unspecified atom stereocenters.